The number of carbonyl (C=O) groups excluding carboxylic acids is 1. The van der Waals surface area contributed by atoms with Crippen LogP contribution >= 0.6 is 11.8 Å². The van der Waals surface area contributed by atoms with Gasteiger partial charge in [0.05, 0.1) is 17.6 Å². The minimum absolute atomic E-state index is 0.337. The number of nitrogens with two attached hydrogens (primary N) is 1. The molecule has 1 rings (SSSR count). The maximum absolute atomic E-state index is 12.4. The Morgan fingerprint density at radius 1 is 1.41 bits per heavy atom. The number of amides is 1. The Morgan fingerprint density at radius 2 is 2.14 bits per heavy atom. The van der Waals surface area contributed by atoms with Gasteiger partial charge >= 0.3 is 6.09 Å². The Balaban J connectivity index is 2.81. The van der Waals surface area contributed by atoms with Gasteiger partial charge in [-0.05, 0) is 50.8 Å². The van der Waals surface area contributed by atoms with Crippen molar-refractivity contribution in [1.82, 2.24) is 4.98 Å². The molecule has 0 saturated heterocycles. The monoisotopic (exact) mass is 325 g/mol. The van der Waals surface area contributed by atoms with Crippen LogP contribution in [0.5, 0.6) is 0 Å². The molecular weight excluding hydrogens is 298 g/mol. The third-order valence-corrected chi connectivity index (χ3v) is 3.80. The minimum Gasteiger partial charge on any atom is -0.443 e. The van der Waals surface area contributed by atoms with E-state index in [2.05, 4.69) is 11.9 Å². The molecule has 0 aliphatic carbocycles. The van der Waals surface area contributed by atoms with Crippen LogP contribution in [-0.4, -0.2) is 34.7 Å². The predicted octanol–water partition coefficient (Wildman–Crippen LogP) is 3.43. The number of hydrogen-bond donors (Lipinski definition) is 1. The molecule has 1 aromatic rings. The van der Waals surface area contributed by atoms with Crippen LogP contribution in [0, 0.1) is 0 Å². The van der Waals surface area contributed by atoms with Gasteiger partial charge < -0.3 is 10.5 Å². The van der Waals surface area contributed by atoms with Gasteiger partial charge in [0.1, 0.15) is 5.60 Å². The first-order valence-electron chi connectivity index (χ1n) is 7.60. The highest BCUT2D eigenvalue weighted by Gasteiger charge is 2.23. The number of thioether (sulfide) groups is 1. The summed E-state index contributed by atoms with van der Waals surface area (Å²) in [5, 5.41) is 0. The van der Waals surface area contributed by atoms with E-state index in [4.69, 9.17) is 10.5 Å². The maximum atomic E-state index is 12.4. The van der Waals surface area contributed by atoms with Crippen molar-refractivity contribution in [3.63, 3.8) is 0 Å². The van der Waals surface area contributed by atoms with Crippen LogP contribution in [0.25, 0.3) is 0 Å². The molecule has 0 unspecified atom stereocenters. The summed E-state index contributed by atoms with van der Waals surface area (Å²) in [7, 11) is 0. The van der Waals surface area contributed by atoms with Gasteiger partial charge in [0.25, 0.3) is 0 Å². The lowest BCUT2D eigenvalue weighted by Gasteiger charge is -2.27. The molecule has 22 heavy (non-hydrogen) atoms. The first-order chi connectivity index (χ1) is 10.4. The maximum Gasteiger partial charge on any atom is 0.414 e. The highest BCUT2D eigenvalue weighted by Crippen LogP contribution is 2.19. The topological polar surface area (TPSA) is 68.5 Å². The molecule has 0 aliphatic heterocycles. The van der Waals surface area contributed by atoms with Gasteiger partial charge in [-0.25, -0.2) is 4.79 Å². The summed E-state index contributed by atoms with van der Waals surface area (Å²) in [6.45, 7) is 8.74. The molecule has 0 saturated carbocycles. The van der Waals surface area contributed by atoms with Crippen molar-refractivity contribution in [2.24, 2.45) is 5.73 Å². The van der Waals surface area contributed by atoms with E-state index in [1.165, 1.54) is 0 Å². The number of rotatable bonds is 7. The smallest absolute Gasteiger partial charge is 0.414 e. The SMILES string of the molecule is CCSCCCN(C(=O)OC(C)(C)C)c1ccc(CN)nc1. The quantitative estimate of drug-likeness (QED) is 0.778. The molecule has 6 heteroatoms. The van der Waals surface area contributed by atoms with Gasteiger partial charge in [-0.1, -0.05) is 6.92 Å². The van der Waals surface area contributed by atoms with Crippen LogP contribution in [-0.2, 0) is 11.3 Å². The van der Waals surface area contributed by atoms with E-state index in [0.717, 1.165) is 29.3 Å². The molecule has 1 amide bonds. The fraction of sp³-hybridized carbons (Fsp3) is 0.625. The Labute approximate surface area is 137 Å². The van der Waals surface area contributed by atoms with Crippen molar-refractivity contribution in [3.8, 4) is 0 Å². The molecule has 0 aromatic carbocycles. The second-order valence-corrected chi connectivity index (χ2v) is 7.29. The van der Waals surface area contributed by atoms with Crippen LogP contribution in [0.2, 0.25) is 0 Å². The number of hydrogen-bond acceptors (Lipinski definition) is 5. The molecule has 0 atom stereocenters. The summed E-state index contributed by atoms with van der Waals surface area (Å²) in [5.74, 6) is 2.10. The van der Waals surface area contributed by atoms with Crippen molar-refractivity contribution in [1.29, 1.82) is 0 Å². The van der Waals surface area contributed by atoms with Crippen molar-refractivity contribution < 1.29 is 9.53 Å². The summed E-state index contributed by atoms with van der Waals surface area (Å²) in [4.78, 5) is 18.3. The molecule has 0 fully saturated rings. The number of pyridine rings is 1. The van der Waals surface area contributed by atoms with Gasteiger partial charge in [0, 0.05) is 13.1 Å². The molecular formula is C16H27N3O2S. The average molecular weight is 325 g/mol. The zero-order chi connectivity index (χ0) is 16.6. The number of ether oxygens (including phenoxy) is 1. The molecule has 2 N–H and O–H groups in total. The van der Waals surface area contributed by atoms with E-state index in [9.17, 15) is 4.79 Å². The second kappa shape index (κ2) is 9.00. The molecule has 0 spiro atoms. The highest BCUT2D eigenvalue weighted by atomic mass is 32.2. The lowest BCUT2D eigenvalue weighted by molar-refractivity contribution is 0.0580. The van der Waals surface area contributed by atoms with Crippen molar-refractivity contribution in [3.05, 3.63) is 24.0 Å². The standard InChI is InChI=1S/C16H27N3O2S/c1-5-22-10-6-9-19(15(20)21-16(2,3)4)14-8-7-13(11-17)18-12-14/h7-8,12H,5-6,9-11,17H2,1-4H3. The van der Waals surface area contributed by atoms with Crippen molar-refractivity contribution >= 4 is 23.5 Å². The molecule has 0 radical (unpaired) electrons. The van der Waals surface area contributed by atoms with Crippen LogP contribution in [0.15, 0.2) is 18.3 Å². The van der Waals surface area contributed by atoms with Gasteiger partial charge in [-0.15, -0.1) is 0 Å². The van der Waals surface area contributed by atoms with Gasteiger partial charge in [0.2, 0.25) is 0 Å². The van der Waals surface area contributed by atoms with Crippen LogP contribution < -0.4 is 10.6 Å². The summed E-state index contributed by atoms with van der Waals surface area (Å²) in [6, 6.07) is 3.71. The lowest BCUT2D eigenvalue weighted by atomic mass is 10.2. The highest BCUT2D eigenvalue weighted by molar-refractivity contribution is 7.99. The van der Waals surface area contributed by atoms with Gasteiger partial charge in [-0.2, -0.15) is 11.8 Å². The predicted molar refractivity (Wildman–Crippen MR) is 93.3 cm³/mol. The molecule has 0 bridgehead atoms. The first kappa shape index (κ1) is 18.8. The van der Waals surface area contributed by atoms with E-state index < -0.39 is 5.60 Å². The molecule has 124 valence electrons. The van der Waals surface area contributed by atoms with E-state index in [1.54, 1.807) is 11.1 Å². The third-order valence-electron chi connectivity index (χ3n) is 2.82. The van der Waals surface area contributed by atoms with Crippen LogP contribution in [0.4, 0.5) is 10.5 Å². The van der Waals surface area contributed by atoms with E-state index >= 15 is 0 Å². The second-order valence-electron chi connectivity index (χ2n) is 5.89. The van der Waals surface area contributed by atoms with Gasteiger partial charge in [0.15, 0.2) is 0 Å². The summed E-state index contributed by atoms with van der Waals surface area (Å²) < 4.78 is 5.50. The summed E-state index contributed by atoms with van der Waals surface area (Å²) in [6.07, 6.45) is 2.26. The zero-order valence-corrected chi connectivity index (χ0v) is 14.8. The van der Waals surface area contributed by atoms with E-state index in [0.29, 0.717) is 13.1 Å². The van der Waals surface area contributed by atoms with Crippen molar-refractivity contribution in [2.45, 2.75) is 46.3 Å². The minimum atomic E-state index is -0.516. The normalized spacial score (nSPS) is 11.3. The number of aromatic nitrogens is 1. The van der Waals surface area contributed by atoms with E-state index in [-0.39, 0.29) is 6.09 Å². The number of anilines is 1. The molecule has 1 heterocycles. The van der Waals surface area contributed by atoms with E-state index in [1.807, 2.05) is 44.7 Å². The largest absolute Gasteiger partial charge is 0.443 e. The Hall–Kier alpha value is -1.27. The molecule has 1 aromatic heterocycles. The summed E-state index contributed by atoms with van der Waals surface area (Å²) >= 11 is 1.87. The van der Waals surface area contributed by atoms with Crippen LogP contribution in [0.3, 0.4) is 0 Å². The molecule has 5 nitrogen and oxygen atoms in total. The molecule has 0 aliphatic rings. The third kappa shape index (κ3) is 6.66. The Morgan fingerprint density at radius 3 is 2.64 bits per heavy atom. The lowest BCUT2D eigenvalue weighted by Crippen LogP contribution is -2.37. The van der Waals surface area contributed by atoms with Crippen molar-refractivity contribution in [2.75, 3.05) is 23.0 Å². The Kier molecular flexibility index (Phi) is 7.68. The zero-order valence-electron chi connectivity index (χ0n) is 14.0. The number of nitrogens with zero attached hydrogens (tertiary/aromatic N) is 2. The fourth-order valence-corrected chi connectivity index (χ4v) is 2.43. The average Bonchev–Trinajstić information content (AvgIpc) is 2.45. The van der Waals surface area contributed by atoms with Crippen LogP contribution in [0.1, 0.15) is 39.8 Å². The fourth-order valence-electron chi connectivity index (χ4n) is 1.81. The summed E-state index contributed by atoms with van der Waals surface area (Å²) in [5.41, 5.74) is 6.59. The first-order valence-corrected chi connectivity index (χ1v) is 8.76. The number of carbonyl (C=O) groups is 1. The van der Waals surface area contributed by atoms with Gasteiger partial charge in [-0.3, -0.25) is 9.88 Å². The Bertz CT molecular complexity index is 457.